The van der Waals surface area contributed by atoms with E-state index < -0.39 is 0 Å². The normalized spacial score (nSPS) is 18.9. The summed E-state index contributed by atoms with van der Waals surface area (Å²) in [4.78, 5) is 0. The first-order chi connectivity index (χ1) is 7.40. The monoisotopic (exact) mass is 208 g/mol. The van der Waals surface area contributed by atoms with Gasteiger partial charge in [0, 0.05) is 0 Å². The van der Waals surface area contributed by atoms with E-state index in [-0.39, 0.29) is 0 Å². The molecule has 0 saturated carbocycles. The molecule has 0 aliphatic carbocycles. The van der Waals surface area contributed by atoms with Gasteiger partial charge in [-0.2, -0.15) is 0 Å². The third kappa shape index (κ3) is 3.22. The van der Waals surface area contributed by atoms with Gasteiger partial charge in [0.1, 0.15) is 11.9 Å². The second-order valence-corrected chi connectivity index (χ2v) is 3.59. The fraction of sp³-hybridized carbons (Fsp3) is 0.500. The lowest BCUT2D eigenvalue weighted by molar-refractivity contribution is 0.119. The first-order valence-electron chi connectivity index (χ1n) is 5.21. The van der Waals surface area contributed by atoms with Crippen molar-refractivity contribution in [1.82, 2.24) is 0 Å². The fourth-order valence-corrected chi connectivity index (χ4v) is 1.47. The molecular weight excluding hydrogens is 192 g/mol. The summed E-state index contributed by atoms with van der Waals surface area (Å²) in [5, 5.41) is 0. The van der Waals surface area contributed by atoms with Crippen LogP contribution in [-0.4, -0.2) is 33.0 Å². The van der Waals surface area contributed by atoms with Crippen molar-refractivity contribution >= 4 is 0 Å². The third-order valence-corrected chi connectivity index (χ3v) is 2.41. The van der Waals surface area contributed by atoms with E-state index in [4.69, 9.17) is 14.2 Å². The van der Waals surface area contributed by atoms with Crippen LogP contribution in [-0.2, 0) is 15.9 Å². The van der Waals surface area contributed by atoms with Crippen molar-refractivity contribution in [2.45, 2.75) is 12.5 Å². The van der Waals surface area contributed by atoms with Crippen LogP contribution in [0, 0.1) is 0 Å². The molecule has 1 aliphatic rings. The molecule has 2 rings (SSSR count). The molecule has 0 spiro atoms. The van der Waals surface area contributed by atoms with Crippen LogP contribution in [0.2, 0.25) is 0 Å². The van der Waals surface area contributed by atoms with E-state index >= 15 is 0 Å². The van der Waals surface area contributed by atoms with Crippen molar-refractivity contribution in [2.75, 3.05) is 26.9 Å². The van der Waals surface area contributed by atoms with Crippen LogP contribution in [0.4, 0.5) is 0 Å². The van der Waals surface area contributed by atoms with Gasteiger partial charge in [-0.15, -0.1) is 0 Å². The van der Waals surface area contributed by atoms with Crippen LogP contribution in [0.15, 0.2) is 24.3 Å². The number of benzene rings is 1. The van der Waals surface area contributed by atoms with Gasteiger partial charge < -0.3 is 14.2 Å². The van der Waals surface area contributed by atoms with Gasteiger partial charge in [-0.05, 0) is 18.1 Å². The first-order valence-corrected chi connectivity index (χ1v) is 5.21. The summed E-state index contributed by atoms with van der Waals surface area (Å²) in [6.45, 7) is 2.30. The number of epoxide rings is 1. The highest BCUT2D eigenvalue weighted by molar-refractivity contribution is 5.33. The van der Waals surface area contributed by atoms with Gasteiger partial charge in [0.05, 0.1) is 26.9 Å². The van der Waals surface area contributed by atoms with Gasteiger partial charge in [-0.25, -0.2) is 0 Å². The van der Waals surface area contributed by atoms with Gasteiger partial charge in [0.15, 0.2) is 0 Å². The predicted molar refractivity (Wildman–Crippen MR) is 57.3 cm³/mol. The minimum Gasteiger partial charge on any atom is -0.496 e. The summed E-state index contributed by atoms with van der Waals surface area (Å²) in [7, 11) is 1.69. The maximum atomic E-state index is 5.48. The molecule has 1 aliphatic heterocycles. The van der Waals surface area contributed by atoms with Crippen LogP contribution in [0.1, 0.15) is 5.56 Å². The number of ether oxygens (including phenoxy) is 3. The quantitative estimate of drug-likeness (QED) is 0.526. The minimum atomic E-state index is 0.350. The molecule has 1 saturated heterocycles. The highest BCUT2D eigenvalue weighted by Crippen LogP contribution is 2.17. The average molecular weight is 208 g/mol. The summed E-state index contributed by atoms with van der Waals surface area (Å²) in [6, 6.07) is 8.03. The van der Waals surface area contributed by atoms with Crippen LogP contribution in [0.5, 0.6) is 5.75 Å². The number of para-hydroxylation sites is 1. The number of rotatable bonds is 6. The lowest BCUT2D eigenvalue weighted by Gasteiger charge is -2.07. The van der Waals surface area contributed by atoms with Gasteiger partial charge >= 0.3 is 0 Å². The van der Waals surface area contributed by atoms with E-state index in [2.05, 4.69) is 6.07 Å². The second-order valence-electron chi connectivity index (χ2n) is 3.59. The predicted octanol–water partition coefficient (Wildman–Crippen LogP) is 1.65. The molecule has 3 nitrogen and oxygen atoms in total. The van der Waals surface area contributed by atoms with E-state index in [0.29, 0.717) is 6.10 Å². The molecule has 0 N–H and O–H groups in total. The number of hydrogen-bond donors (Lipinski definition) is 0. The van der Waals surface area contributed by atoms with Gasteiger partial charge in [-0.1, -0.05) is 18.2 Å². The molecule has 1 heterocycles. The largest absolute Gasteiger partial charge is 0.496 e. The van der Waals surface area contributed by atoms with Crippen LogP contribution in [0.3, 0.4) is 0 Å². The SMILES string of the molecule is COc1ccccc1CCOCC1CO1. The third-order valence-electron chi connectivity index (χ3n) is 2.41. The van der Waals surface area contributed by atoms with Crippen molar-refractivity contribution in [2.24, 2.45) is 0 Å². The standard InChI is InChI=1S/C12H16O3/c1-13-12-5-3-2-4-10(12)6-7-14-8-11-9-15-11/h2-5,11H,6-9H2,1H3. The summed E-state index contributed by atoms with van der Waals surface area (Å²) in [5.41, 5.74) is 1.19. The van der Waals surface area contributed by atoms with E-state index in [9.17, 15) is 0 Å². The Kier molecular flexibility index (Phi) is 3.59. The van der Waals surface area contributed by atoms with Gasteiger partial charge in [-0.3, -0.25) is 0 Å². The Morgan fingerprint density at radius 2 is 2.20 bits per heavy atom. The molecule has 1 atom stereocenters. The van der Waals surface area contributed by atoms with E-state index in [1.807, 2.05) is 18.2 Å². The molecule has 0 bridgehead atoms. The Hall–Kier alpha value is -1.06. The van der Waals surface area contributed by atoms with Crippen molar-refractivity contribution in [3.63, 3.8) is 0 Å². The molecule has 15 heavy (non-hydrogen) atoms. The second kappa shape index (κ2) is 5.14. The molecule has 0 radical (unpaired) electrons. The molecule has 1 aromatic carbocycles. The molecule has 82 valence electrons. The molecule has 1 unspecified atom stereocenters. The minimum absolute atomic E-state index is 0.350. The van der Waals surface area contributed by atoms with Gasteiger partial charge in [0.25, 0.3) is 0 Å². The van der Waals surface area contributed by atoms with Crippen molar-refractivity contribution in [3.8, 4) is 5.75 Å². The molecule has 1 fully saturated rings. The first kappa shape index (κ1) is 10.5. The number of hydrogen-bond acceptors (Lipinski definition) is 3. The van der Waals surface area contributed by atoms with E-state index in [0.717, 1.165) is 32.0 Å². The smallest absolute Gasteiger partial charge is 0.122 e. The molecule has 3 heteroatoms. The van der Waals surface area contributed by atoms with E-state index in [1.54, 1.807) is 7.11 Å². The number of methoxy groups -OCH3 is 1. The zero-order chi connectivity index (χ0) is 10.5. The van der Waals surface area contributed by atoms with Crippen LogP contribution >= 0.6 is 0 Å². The van der Waals surface area contributed by atoms with Gasteiger partial charge in [0.2, 0.25) is 0 Å². The maximum absolute atomic E-state index is 5.48. The fourth-order valence-electron chi connectivity index (χ4n) is 1.47. The topological polar surface area (TPSA) is 31.0 Å². The van der Waals surface area contributed by atoms with Crippen LogP contribution < -0.4 is 4.74 Å². The van der Waals surface area contributed by atoms with Crippen LogP contribution in [0.25, 0.3) is 0 Å². The Labute approximate surface area is 90.0 Å². The maximum Gasteiger partial charge on any atom is 0.122 e. The summed E-state index contributed by atoms with van der Waals surface area (Å²) < 4.78 is 15.8. The molecule has 1 aromatic rings. The summed E-state index contributed by atoms with van der Waals surface area (Å²) in [5.74, 6) is 0.934. The summed E-state index contributed by atoms with van der Waals surface area (Å²) in [6.07, 6.45) is 1.24. The van der Waals surface area contributed by atoms with E-state index in [1.165, 1.54) is 5.56 Å². The van der Waals surface area contributed by atoms with Crippen molar-refractivity contribution < 1.29 is 14.2 Å². The average Bonchev–Trinajstić information content (AvgIpc) is 3.09. The van der Waals surface area contributed by atoms with Crippen molar-refractivity contribution in [1.29, 1.82) is 0 Å². The lowest BCUT2D eigenvalue weighted by atomic mass is 10.1. The molecule has 0 amide bonds. The Balaban J connectivity index is 1.75. The zero-order valence-corrected chi connectivity index (χ0v) is 8.94. The zero-order valence-electron chi connectivity index (χ0n) is 8.94. The summed E-state index contributed by atoms with van der Waals surface area (Å²) >= 11 is 0. The highest BCUT2D eigenvalue weighted by Gasteiger charge is 2.22. The lowest BCUT2D eigenvalue weighted by Crippen LogP contribution is -2.05. The Bertz CT molecular complexity index is 307. The highest BCUT2D eigenvalue weighted by atomic mass is 16.6. The molecular formula is C12H16O3. The molecule has 0 aromatic heterocycles. The Morgan fingerprint density at radius 1 is 1.40 bits per heavy atom. The van der Waals surface area contributed by atoms with Crippen molar-refractivity contribution in [3.05, 3.63) is 29.8 Å². The Morgan fingerprint density at radius 3 is 2.93 bits per heavy atom.